The highest BCUT2D eigenvalue weighted by Gasteiger charge is 2.34. The first kappa shape index (κ1) is 24.8. The lowest BCUT2D eigenvalue weighted by Gasteiger charge is -2.30. The molecule has 0 saturated heterocycles. The fourth-order valence-corrected chi connectivity index (χ4v) is 4.67. The van der Waals surface area contributed by atoms with Crippen molar-refractivity contribution < 1.29 is 19.1 Å². The first-order valence-electron chi connectivity index (χ1n) is 11.7. The average molecular weight is 492 g/mol. The van der Waals surface area contributed by atoms with Crippen molar-refractivity contribution in [3.05, 3.63) is 94.5 Å². The monoisotopic (exact) mass is 491 g/mol. The quantitative estimate of drug-likeness (QED) is 0.370. The van der Waals surface area contributed by atoms with E-state index in [0.29, 0.717) is 5.02 Å². The molecule has 0 bridgehead atoms. The second-order valence-corrected chi connectivity index (χ2v) is 10.2. The standard InChI is InChI=1S/C29H30ClNO4/c1-29(2,3)35-27(32)26(17-19-10-9-11-20(30)16-19)31(4)28(33)34-18-25-23-14-7-5-12-21(23)22-13-6-8-15-24(22)25/h5-16,25-26H,17-18H2,1-4H3. The Hall–Kier alpha value is -3.31. The van der Waals surface area contributed by atoms with Crippen LogP contribution in [0.1, 0.15) is 43.4 Å². The van der Waals surface area contributed by atoms with Crippen molar-refractivity contribution in [1.29, 1.82) is 0 Å². The summed E-state index contributed by atoms with van der Waals surface area (Å²) in [6, 6.07) is 22.7. The van der Waals surface area contributed by atoms with Gasteiger partial charge in [0.05, 0.1) is 0 Å². The zero-order chi connectivity index (χ0) is 25.2. The molecule has 0 fully saturated rings. The second-order valence-electron chi connectivity index (χ2n) is 9.80. The fraction of sp³-hybridized carbons (Fsp3) is 0.310. The molecule has 1 atom stereocenters. The third kappa shape index (κ3) is 5.68. The Labute approximate surface area is 211 Å². The largest absolute Gasteiger partial charge is 0.458 e. The first-order valence-corrected chi connectivity index (χ1v) is 12.1. The van der Waals surface area contributed by atoms with Crippen LogP contribution in [0.3, 0.4) is 0 Å². The van der Waals surface area contributed by atoms with E-state index in [-0.39, 0.29) is 18.9 Å². The number of likely N-dealkylation sites (N-methyl/N-ethyl adjacent to an activating group) is 1. The molecule has 3 aromatic rings. The summed E-state index contributed by atoms with van der Waals surface area (Å²) < 4.78 is 11.4. The van der Waals surface area contributed by atoms with E-state index in [0.717, 1.165) is 27.8 Å². The van der Waals surface area contributed by atoms with Gasteiger partial charge in [0.25, 0.3) is 0 Å². The number of nitrogens with zero attached hydrogens (tertiary/aromatic N) is 1. The maximum Gasteiger partial charge on any atom is 0.410 e. The van der Waals surface area contributed by atoms with Crippen LogP contribution < -0.4 is 0 Å². The number of amides is 1. The van der Waals surface area contributed by atoms with Crippen LogP contribution in [0.2, 0.25) is 5.02 Å². The van der Waals surface area contributed by atoms with E-state index in [9.17, 15) is 9.59 Å². The van der Waals surface area contributed by atoms with Crippen LogP contribution in [-0.4, -0.2) is 42.3 Å². The summed E-state index contributed by atoms with van der Waals surface area (Å²) in [6.07, 6.45) is -0.319. The molecule has 0 spiro atoms. The van der Waals surface area contributed by atoms with Gasteiger partial charge >= 0.3 is 12.1 Å². The van der Waals surface area contributed by atoms with Crippen LogP contribution in [0.15, 0.2) is 72.8 Å². The maximum atomic E-state index is 13.2. The van der Waals surface area contributed by atoms with E-state index in [2.05, 4.69) is 24.3 Å². The van der Waals surface area contributed by atoms with E-state index < -0.39 is 23.7 Å². The molecule has 182 valence electrons. The van der Waals surface area contributed by atoms with Gasteiger partial charge in [-0.3, -0.25) is 4.90 Å². The van der Waals surface area contributed by atoms with Crippen LogP contribution in [-0.2, 0) is 20.7 Å². The Kier molecular flexibility index (Phi) is 7.18. The highest BCUT2D eigenvalue weighted by atomic mass is 35.5. The molecule has 5 nitrogen and oxygen atoms in total. The summed E-state index contributed by atoms with van der Waals surface area (Å²) in [4.78, 5) is 27.6. The number of carbonyl (C=O) groups is 2. The molecular formula is C29H30ClNO4. The third-order valence-electron chi connectivity index (χ3n) is 6.09. The van der Waals surface area contributed by atoms with Gasteiger partial charge in [-0.05, 0) is 60.7 Å². The van der Waals surface area contributed by atoms with E-state index in [4.69, 9.17) is 21.1 Å². The van der Waals surface area contributed by atoms with Crippen LogP contribution in [0.5, 0.6) is 0 Å². The van der Waals surface area contributed by atoms with Gasteiger partial charge in [0.15, 0.2) is 0 Å². The Morgan fingerprint density at radius 1 is 0.943 bits per heavy atom. The molecule has 0 N–H and O–H groups in total. The van der Waals surface area contributed by atoms with Crippen molar-refractivity contribution >= 4 is 23.7 Å². The molecular weight excluding hydrogens is 462 g/mol. The molecule has 1 unspecified atom stereocenters. The predicted octanol–water partition coefficient (Wildman–Crippen LogP) is 6.47. The number of carbonyl (C=O) groups excluding carboxylic acids is 2. The van der Waals surface area contributed by atoms with Crippen LogP contribution in [0.25, 0.3) is 11.1 Å². The molecule has 0 saturated carbocycles. The van der Waals surface area contributed by atoms with Crippen molar-refractivity contribution in [2.75, 3.05) is 13.7 Å². The molecule has 0 aliphatic heterocycles. The minimum Gasteiger partial charge on any atom is -0.458 e. The van der Waals surface area contributed by atoms with Gasteiger partial charge in [-0.2, -0.15) is 0 Å². The Bertz CT molecular complexity index is 1190. The molecule has 0 heterocycles. The fourth-order valence-electron chi connectivity index (χ4n) is 4.46. The zero-order valence-corrected chi connectivity index (χ0v) is 21.2. The summed E-state index contributed by atoms with van der Waals surface area (Å²) in [5, 5.41) is 0.564. The van der Waals surface area contributed by atoms with Gasteiger partial charge in [0.2, 0.25) is 0 Å². The highest BCUT2D eigenvalue weighted by molar-refractivity contribution is 6.30. The molecule has 1 aliphatic rings. The summed E-state index contributed by atoms with van der Waals surface area (Å²) in [5.74, 6) is -0.555. The van der Waals surface area contributed by atoms with Gasteiger partial charge in [0, 0.05) is 24.4 Å². The lowest BCUT2D eigenvalue weighted by atomic mass is 9.98. The van der Waals surface area contributed by atoms with E-state index in [1.165, 1.54) is 4.90 Å². The second kappa shape index (κ2) is 10.1. The molecule has 1 aliphatic carbocycles. The Morgan fingerprint density at radius 3 is 2.11 bits per heavy atom. The third-order valence-corrected chi connectivity index (χ3v) is 6.32. The predicted molar refractivity (Wildman–Crippen MR) is 138 cm³/mol. The van der Waals surface area contributed by atoms with E-state index in [1.54, 1.807) is 40.0 Å². The smallest absolute Gasteiger partial charge is 0.410 e. The van der Waals surface area contributed by atoms with E-state index >= 15 is 0 Å². The van der Waals surface area contributed by atoms with Gasteiger partial charge in [0.1, 0.15) is 18.2 Å². The molecule has 1 amide bonds. The number of benzene rings is 3. The van der Waals surface area contributed by atoms with Gasteiger partial charge < -0.3 is 9.47 Å². The zero-order valence-electron chi connectivity index (χ0n) is 20.5. The summed E-state index contributed by atoms with van der Waals surface area (Å²) in [7, 11) is 1.57. The normalized spacial score (nSPS) is 13.5. The molecule has 3 aromatic carbocycles. The number of rotatable bonds is 6. The van der Waals surface area contributed by atoms with E-state index in [1.807, 2.05) is 36.4 Å². The number of esters is 1. The highest BCUT2D eigenvalue weighted by Crippen LogP contribution is 2.44. The Morgan fingerprint density at radius 2 is 1.54 bits per heavy atom. The number of halogens is 1. The lowest BCUT2D eigenvalue weighted by Crippen LogP contribution is -2.47. The topological polar surface area (TPSA) is 55.8 Å². The minimum absolute atomic E-state index is 0.0624. The summed E-state index contributed by atoms with van der Waals surface area (Å²) in [5.41, 5.74) is 4.71. The SMILES string of the molecule is CN(C(=O)OCC1c2ccccc2-c2ccccc21)C(Cc1cccc(Cl)c1)C(=O)OC(C)(C)C. The number of hydrogen-bond acceptors (Lipinski definition) is 4. The molecule has 4 rings (SSSR count). The lowest BCUT2D eigenvalue weighted by molar-refractivity contribution is -0.160. The summed E-state index contributed by atoms with van der Waals surface area (Å²) >= 11 is 6.14. The van der Waals surface area contributed by atoms with Gasteiger partial charge in [-0.25, -0.2) is 9.59 Å². The van der Waals surface area contributed by atoms with Crippen LogP contribution in [0, 0.1) is 0 Å². The average Bonchev–Trinajstić information content (AvgIpc) is 3.13. The van der Waals surface area contributed by atoms with Crippen LogP contribution >= 0.6 is 11.6 Å². The number of ether oxygens (including phenoxy) is 2. The molecule has 35 heavy (non-hydrogen) atoms. The first-order chi connectivity index (χ1) is 16.6. The molecule has 6 heteroatoms. The van der Waals surface area contributed by atoms with Crippen molar-refractivity contribution in [3.63, 3.8) is 0 Å². The minimum atomic E-state index is -0.858. The van der Waals surface area contributed by atoms with Gasteiger partial charge in [-0.15, -0.1) is 0 Å². The molecule has 0 aromatic heterocycles. The van der Waals surface area contributed by atoms with Crippen molar-refractivity contribution in [3.8, 4) is 11.1 Å². The molecule has 0 radical (unpaired) electrons. The van der Waals surface area contributed by atoms with Crippen molar-refractivity contribution in [1.82, 2.24) is 4.90 Å². The Balaban J connectivity index is 1.52. The van der Waals surface area contributed by atoms with Crippen molar-refractivity contribution in [2.45, 2.75) is 44.8 Å². The van der Waals surface area contributed by atoms with Crippen molar-refractivity contribution in [2.24, 2.45) is 0 Å². The maximum absolute atomic E-state index is 13.2. The number of hydrogen-bond donors (Lipinski definition) is 0. The summed E-state index contributed by atoms with van der Waals surface area (Å²) in [6.45, 7) is 5.58. The van der Waals surface area contributed by atoms with Gasteiger partial charge in [-0.1, -0.05) is 72.3 Å². The van der Waals surface area contributed by atoms with Crippen LogP contribution in [0.4, 0.5) is 4.79 Å². The number of fused-ring (bicyclic) bond motifs is 3.